The number of hydrogen-bond donors (Lipinski definition) is 1. The number of hydrogen-bond acceptors (Lipinski definition) is 7. The van der Waals surface area contributed by atoms with Gasteiger partial charge >= 0.3 is 6.09 Å². The Morgan fingerprint density at radius 1 is 0.939 bits per heavy atom. The fourth-order valence-electron chi connectivity index (χ4n) is 2.60. The Hall–Kier alpha value is -2.94. The first-order chi connectivity index (χ1) is 15.8. The minimum Gasteiger partial charge on any atom is -0.475 e. The van der Waals surface area contributed by atoms with Gasteiger partial charge < -0.3 is 24.1 Å². The molecule has 0 aliphatic heterocycles. The quantitative estimate of drug-likeness (QED) is 0.480. The summed E-state index contributed by atoms with van der Waals surface area (Å²) in [5.74, 6) is 0.529. The lowest BCUT2D eigenvalue weighted by Crippen LogP contribution is -2.34. The Morgan fingerprint density at radius 3 is 2.15 bits per heavy atom. The number of carbonyl (C=O) groups excluding carboxylic acids is 1. The molecule has 0 bridgehead atoms. The van der Waals surface area contributed by atoms with Gasteiger partial charge in [-0.05, 0) is 50.1 Å². The van der Waals surface area contributed by atoms with Gasteiger partial charge in [0.15, 0.2) is 0 Å². The molecular weight excluding hydrogens is 424 g/mol. The molecule has 8 heteroatoms. The van der Waals surface area contributed by atoms with Crippen molar-refractivity contribution < 1.29 is 28.8 Å². The average molecular weight is 459 g/mol. The maximum atomic E-state index is 12.2. The van der Waals surface area contributed by atoms with Crippen LogP contribution in [0.2, 0.25) is 0 Å². The van der Waals surface area contributed by atoms with Gasteiger partial charge in [-0.2, -0.15) is 0 Å². The van der Waals surface area contributed by atoms with E-state index in [2.05, 4.69) is 4.98 Å². The van der Waals surface area contributed by atoms with Gasteiger partial charge in [-0.15, -0.1) is 0 Å². The summed E-state index contributed by atoms with van der Waals surface area (Å²) in [6.07, 6.45) is 5.28. The van der Waals surface area contributed by atoms with E-state index in [1.165, 1.54) is 4.90 Å². The number of aliphatic hydroxyl groups is 1. The Kier molecular flexibility index (Phi) is 10.8. The van der Waals surface area contributed by atoms with Crippen molar-refractivity contribution in [1.29, 1.82) is 0 Å². The van der Waals surface area contributed by atoms with Crippen molar-refractivity contribution in [3.63, 3.8) is 0 Å². The van der Waals surface area contributed by atoms with Crippen molar-refractivity contribution in [3.05, 3.63) is 53.7 Å². The Labute approximate surface area is 195 Å². The molecular formula is C25H34N2O6. The second-order valence-electron chi connectivity index (χ2n) is 8.19. The van der Waals surface area contributed by atoms with Gasteiger partial charge in [0.05, 0.1) is 33.0 Å². The van der Waals surface area contributed by atoms with Crippen molar-refractivity contribution in [3.8, 4) is 5.88 Å². The first-order valence-corrected chi connectivity index (χ1v) is 10.9. The van der Waals surface area contributed by atoms with Crippen LogP contribution in [0.4, 0.5) is 10.5 Å². The Bertz CT molecular complexity index is 860. The Morgan fingerprint density at radius 2 is 1.55 bits per heavy atom. The van der Waals surface area contributed by atoms with Gasteiger partial charge in [0.25, 0.3) is 0 Å². The molecule has 8 nitrogen and oxygen atoms in total. The SMILES string of the molecule is CN(C(=O)OC(C)(C)C)c1ccc(C=Cc2ccc(OCCOCCOCCO)nc2)cc1. The number of nitrogens with zero attached hydrogens (tertiary/aromatic N) is 2. The monoisotopic (exact) mass is 458 g/mol. The average Bonchev–Trinajstić information content (AvgIpc) is 2.79. The van der Waals surface area contributed by atoms with E-state index in [0.717, 1.165) is 16.8 Å². The highest BCUT2D eigenvalue weighted by Crippen LogP contribution is 2.19. The summed E-state index contributed by atoms with van der Waals surface area (Å²) >= 11 is 0. The molecule has 1 aromatic heterocycles. The molecule has 180 valence electrons. The topological polar surface area (TPSA) is 90.4 Å². The van der Waals surface area contributed by atoms with Crippen molar-refractivity contribution in [2.75, 3.05) is 51.6 Å². The molecule has 0 unspecified atom stereocenters. The number of rotatable bonds is 12. The molecule has 0 aliphatic rings. The molecule has 1 amide bonds. The number of anilines is 1. The van der Waals surface area contributed by atoms with Crippen LogP contribution in [-0.4, -0.2) is 68.5 Å². The highest BCUT2D eigenvalue weighted by Gasteiger charge is 2.20. The number of amides is 1. The minimum absolute atomic E-state index is 0.0136. The molecule has 0 fully saturated rings. The number of ether oxygens (including phenoxy) is 4. The summed E-state index contributed by atoms with van der Waals surface area (Å²) < 4.78 is 21.4. The summed E-state index contributed by atoms with van der Waals surface area (Å²) in [6.45, 7) is 7.59. The molecule has 0 radical (unpaired) electrons. The third-order valence-corrected chi connectivity index (χ3v) is 4.26. The molecule has 33 heavy (non-hydrogen) atoms. The molecule has 0 aliphatic carbocycles. The maximum Gasteiger partial charge on any atom is 0.414 e. The van der Waals surface area contributed by atoms with Gasteiger partial charge in [0, 0.05) is 25.0 Å². The normalized spacial score (nSPS) is 11.5. The second-order valence-corrected chi connectivity index (χ2v) is 8.19. The van der Waals surface area contributed by atoms with Crippen LogP contribution >= 0.6 is 0 Å². The number of pyridine rings is 1. The zero-order chi connectivity index (χ0) is 24.1. The smallest absolute Gasteiger partial charge is 0.414 e. The lowest BCUT2D eigenvalue weighted by molar-refractivity contribution is 0.0243. The molecule has 2 rings (SSSR count). The summed E-state index contributed by atoms with van der Waals surface area (Å²) in [7, 11) is 1.69. The van der Waals surface area contributed by atoms with Gasteiger partial charge in [0.2, 0.25) is 5.88 Å². The second kappa shape index (κ2) is 13.6. The van der Waals surface area contributed by atoms with Crippen LogP contribution < -0.4 is 9.64 Å². The molecule has 0 saturated carbocycles. The maximum absolute atomic E-state index is 12.2. The van der Waals surface area contributed by atoms with Gasteiger partial charge in [0.1, 0.15) is 12.2 Å². The zero-order valence-corrected chi connectivity index (χ0v) is 19.8. The van der Waals surface area contributed by atoms with E-state index in [9.17, 15) is 4.79 Å². The van der Waals surface area contributed by atoms with E-state index in [1.807, 2.05) is 69.3 Å². The fraction of sp³-hybridized carbons (Fsp3) is 0.440. The van der Waals surface area contributed by atoms with Crippen LogP contribution in [0.3, 0.4) is 0 Å². The van der Waals surface area contributed by atoms with Crippen LogP contribution in [-0.2, 0) is 14.2 Å². The van der Waals surface area contributed by atoms with Crippen molar-refractivity contribution >= 4 is 23.9 Å². The molecule has 1 N–H and O–H groups in total. The van der Waals surface area contributed by atoms with Crippen LogP contribution in [0.5, 0.6) is 5.88 Å². The summed E-state index contributed by atoms with van der Waals surface area (Å²) in [5, 5.41) is 8.60. The zero-order valence-electron chi connectivity index (χ0n) is 19.8. The van der Waals surface area contributed by atoms with Crippen molar-refractivity contribution in [2.24, 2.45) is 0 Å². The van der Waals surface area contributed by atoms with Crippen molar-refractivity contribution in [2.45, 2.75) is 26.4 Å². The van der Waals surface area contributed by atoms with E-state index in [-0.39, 0.29) is 6.61 Å². The first-order valence-electron chi connectivity index (χ1n) is 10.9. The lowest BCUT2D eigenvalue weighted by atomic mass is 10.1. The predicted molar refractivity (Wildman–Crippen MR) is 128 cm³/mol. The third-order valence-electron chi connectivity index (χ3n) is 4.26. The first kappa shape index (κ1) is 26.3. The minimum atomic E-state index is -0.535. The van der Waals surface area contributed by atoms with Gasteiger partial charge in [-0.1, -0.05) is 24.3 Å². The van der Waals surface area contributed by atoms with Crippen molar-refractivity contribution in [1.82, 2.24) is 4.98 Å². The van der Waals surface area contributed by atoms with Gasteiger partial charge in [-0.3, -0.25) is 4.90 Å². The van der Waals surface area contributed by atoms with Crippen LogP contribution in [0.15, 0.2) is 42.6 Å². The van der Waals surface area contributed by atoms with E-state index in [4.69, 9.17) is 24.1 Å². The molecule has 2 aromatic rings. The standard InChI is InChI=1S/C25H34N2O6/c1-25(2,3)33-24(29)27(4)22-10-7-20(8-11-22)5-6-21-9-12-23(26-19-21)32-18-17-31-16-15-30-14-13-28/h5-12,19,28H,13-18H2,1-4H3. The fourth-order valence-corrected chi connectivity index (χ4v) is 2.60. The van der Waals surface area contributed by atoms with E-state index in [0.29, 0.717) is 38.9 Å². The van der Waals surface area contributed by atoms with E-state index < -0.39 is 11.7 Å². The lowest BCUT2D eigenvalue weighted by Gasteiger charge is -2.24. The van der Waals surface area contributed by atoms with Crippen LogP contribution in [0.1, 0.15) is 31.9 Å². The summed E-state index contributed by atoms with van der Waals surface area (Å²) in [4.78, 5) is 18.0. The molecule has 1 heterocycles. The Balaban J connectivity index is 1.77. The van der Waals surface area contributed by atoms with E-state index in [1.54, 1.807) is 13.2 Å². The number of aliphatic hydroxyl groups excluding tert-OH is 1. The number of carbonyl (C=O) groups is 1. The van der Waals surface area contributed by atoms with Crippen LogP contribution in [0, 0.1) is 0 Å². The number of benzene rings is 1. The predicted octanol–water partition coefficient (Wildman–Crippen LogP) is 4.03. The van der Waals surface area contributed by atoms with Gasteiger partial charge in [-0.25, -0.2) is 9.78 Å². The van der Waals surface area contributed by atoms with E-state index >= 15 is 0 Å². The molecule has 0 spiro atoms. The highest BCUT2D eigenvalue weighted by molar-refractivity contribution is 5.87. The number of aromatic nitrogens is 1. The highest BCUT2D eigenvalue weighted by atomic mass is 16.6. The molecule has 0 saturated heterocycles. The van der Waals surface area contributed by atoms with Crippen LogP contribution in [0.25, 0.3) is 12.2 Å². The summed E-state index contributed by atoms with van der Waals surface area (Å²) in [5.41, 5.74) is 2.16. The largest absolute Gasteiger partial charge is 0.475 e. The molecule has 1 aromatic carbocycles. The third kappa shape index (κ3) is 10.5. The molecule has 0 atom stereocenters. The summed E-state index contributed by atoms with van der Waals surface area (Å²) in [6, 6.07) is 11.4.